The largest absolute Gasteiger partial charge is 0.284 e. The Morgan fingerprint density at radius 1 is 1.12 bits per heavy atom. The van der Waals surface area contributed by atoms with Gasteiger partial charge in [0.2, 0.25) is 0 Å². The molecule has 0 bridgehead atoms. The summed E-state index contributed by atoms with van der Waals surface area (Å²) in [6.45, 7) is 4.86. The first-order chi connectivity index (χ1) is 11.6. The maximum absolute atomic E-state index is 12.7. The van der Waals surface area contributed by atoms with Crippen LogP contribution in [0.25, 0.3) is 16.3 Å². The molecular weight excluding hydrogens is 316 g/mol. The predicted octanol–water partition coefficient (Wildman–Crippen LogP) is 5.00. The van der Waals surface area contributed by atoms with Crippen LogP contribution in [0.2, 0.25) is 0 Å². The van der Waals surface area contributed by atoms with Crippen molar-refractivity contribution in [3.05, 3.63) is 66.2 Å². The predicted molar refractivity (Wildman–Crippen MR) is 102 cm³/mol. The van der Waals surface area contributed by atoms with E-state index in [0.29, 0.717) is 12.5 Å². The molecule has 0 saturated carbocycles. The molecular formula is C20H20N2OS. The Morgan fingerprint density at radius 3 is 2.54 bits per heavy atom. The molecule has 2 aromatic carbocycles. The molecule has 24 heavy (non-hydrogen) atoms. The summed E-state index contributed by atoms with van der Waals surface area (Å²) in [5.74, 6) is 0.331. The highest BCUT2D eigenvalue weighted by atomic mass is 32.1. The monoisotopic (exact) mass is 336 g/mol. The van der Waals surface area contributed by atoms with Crippen molar-refractivity contribution in [1.82, 2.24) is 4.98 Å². The van der Waals surface area contributed by atoms with Crippen LogP contribution in [0.5, 0.6) is 0 Å². The lowest BCUT2D eigenvalue weighted by molar-refractivity contribution is -0.114. The first-order valence-electron chi connectivity index (χ1n) is 8.03. The molecule has 0 radical (unpaired) electrons. The average Bonchev–Trinajstić information content (AvgIpc) is 3.02. The number of benzene rings is 2. The van der Waals surface area contributed by atoms with Crippen molar-refractivity contribution in [3.8, 4) is 0 Å². The number of para-hydroxylation sites is 1. The van der Waals surface area contributed by atoms with Gasteiger partial charge >= 0.3 is 0 Å². The Hall–Kier alpha value is -2.46. The van der Waals surface area contributed by atoms with E-state index in [-0.39, 0.29) is 5.91 Å². The number of rotatable bonds is 5. The van der Waals surface area contributed by atoms with Gasteiger partial charge in [0.1, 0.15) is 0 Å². The highest BCUT2D eigenvalue weighted by Crippen LogP contribution is 2.29. The van der Waals surface area contributed by atoms with Crippen LogP contribution in [-0.4, -0.2) is 17.4 Å². The zero-order chi connectivity index (χ0) is 16.9. The second kappa shape index (κ2) is 7.41. The summed E-state index contributed by atoms with van der Waals surface area (Å²) < 4.78 is 1.10. The van der Waals surface area contributed by atoms with E-state index in [1.165, 1.54) is 0 Å². The fourth-order valence-electron chi connectivity index (χ4n) is 2.42. The fraction of sp³-hybridized carbons (Fsp3) is 0.200. The maximum Gasteiger partial charge on any atom is 0.252 e. The number of amides is 1. The molecule has 0 atom stereocenters. The molecule has 0 aliphatic heterocycles. The minimum Gasteiger partial charge on any atom is -0.284 e. The Kier molecular flexibility index (Phi) is 5.06. The van der Waals surface area contributed by atoms with Gasteiger partial charge in [0.25, 0.3) is 5.91 Å². The van der Waals surface area contributed by atoms with Gasteiger partial charge in [0.05, 0.1) is 10.2 Å². The van der Waals surface area contributed by atoms with Crippen molar-refractivity contribution < 1.29 is 4.79 Å². The van der Waals surface area contributed by atoms with Gasteiger partial charge in [0.15, 0.2) is 5.13 Å². The van der Waals surface area contributed by atoms with Gasteiger partial charge in [-0.2, -0.15) is 0 Å². The van der Waals surface area contributed by atoms with Crippen molar-refractivity contribution in [3.63, 3.8) is 0 Å². The van der Waals surface area contributed by atoms with E-state index < -0.39 is 0 Å². The average molecular weight is 336 g/mol. The van der Waals surface area contributed by atoms with Crippen molar-refractivity contribution in [2.45, 2.75) is 13.8 Å². The van der Waals surface area contributed by atoms with E-state index in [2.05, 4.69) is 18.8 Å². The molecule has 0 aliphatic rings. The Morgan fingerprint density at radius 2 is 1.83 bits per heavy atom. The maximum atomic E-state index is 12.7. The summed E-state index contributed by atoms with van der Waals surface area (Å²) in [6.07, 6.45) is 3.48. The second-order valence-corrected chi connectivity index (χ2v) is 7.06. The summed E-state index contributed by atoms with van der Waals surface area (Å²) in [5, 5.41) is 0.757. The summed E-state index contributed by atoms with van der Waals surface area (Å²) >= 11 is 1.56. The molecule has 0 N–H and O–H groups in total. The van der Waals surface area contributed by atoms with Crippen LogP contribution in [0.4, 0.5) is 5.13 Å². The topological polar surface area (TPSA) is 33.2 Å². The number of carbonyl (C=O) groups excluding carboxylic acids is 1. The number of thiazole rings is 1. The smallest absolute Gasteiger partial charge is 0.252 e. The molecule has 1 amide bonds. The summed E-state index contributed by atoms with van der Waals surface area (Å²) in [4.78, 5) is 19.1. The van der Waals surface area contributed by atoms with Crippen LogP contribution >= 0.6 is 11.3 Å². The second-order valence-electron chi connectivity index (χ2n) is 6.05. The first kappa shape index (κ1) is 16.4. The quantitative estimate of drug-likeness (QED) is 0.614. The lowest BCUT2D eigenvalue weighted by Crippen LogP contribution is -2.32. The van der Waals surface area contributed by atoms with Gasteiger partial charge in [0, 0.05) is 12.6 Å². The Balaban J connectivity index is 1.88. The molecule has 0 saturated heterocycles. The minimum absolute atomic E-state index is 0.0355. The lowest BCUT2D eigenvalue weighted by atomic mass is 10.2. The third-order valence-corrected chi connectivity index (χ3v) is 4.60. The number of hydrogen-bond acceptors (Lipinski definition) is 3. The van der Waals surface area contributed by atoms with Crippen molar-refractivity contribution >= 4 is 38.7 Å². The molecule has 0 aliphatic carbocycles. The molecule has 1 heterocycles. The van der Waals surface area contributed by atoms with Crippen molar-refractivity contribution in [2.75, 3.05) is 11.4 Å². The minimum atomic E-state index is -0.0355. The molecule has 0 spiro atoms. The van der Waals surface area contributed by atoms with Crippen molar-refractivity contribution in [1.29, 1.82) is 0 Å². The van der Waals surface area contributed by atoms with Gasteiger partial charge in [-0.3, -0.25) is 9.69 Å². The zero-order valence-corrected chi connectivity index (χ0v) is 14.7. The van der Waals surface area contributed by atoms with Crippen LogP contribution in [0.3, 0.4) is 0 Å². The van der Waals surface area contributed by atoms with Gasteiger partial charge in [-0.25, -0.2) is 4.98 Å². The number of hydrogen-bond donors (Lipinski definition) is 0. The Labute approximate surface area is 146 Å². The summed E-state index contributed by atoms with van der Waals surface area (Å²) in [5.41, 5.74) is 1.95. The number of aromatic nitrogens is 1. The van der Waals surface area contributed by atoms with Crippen molar-refractivity contribution in [2.24, 2.45) is 5.92 Å². The van der Waals surface area contributed by atoms with Gasteiger partial charge in [-0.05, 0) is 29.7 Å². The number of fused-ring (bicyclic) bond motifs is 1. The van der Waals surface area contributed by atoms with Gasteiger partial charge in [-0.15, -0.1) is 0 Å². The van der Waals surface area contributed by atoms with Crippen LogP contribution in [-0.2, 0) is 4.79 Å². The number of nitrogens with zero attached hydrogens (tertiary/aromatic N) is 2. The number of carbonyl (C=O) groups is 1. The van der Waals surface area contributed by atoms with Crippen LogP contribution in [0.15, 0.2) is 60.7 Å². The number of anilines is 1. The molecule has 3 nitrogen and oxygen atoms in total. The van der Waals surface area contributed by atoms with Gasteiger partial charge in [-0.1, -0.05) is 67.6 Å². The molecule has 3 aromatic rings. The zero-order valence-electron chi connectivity index (χ0n) is 13.8. The summed E-state index contributed by atoms with van der Waals surface area (Å²) in [7, 11) is 0. The highest BCUT2D eigenvalue weighted by molar-refractivity contribution is 7.22. The Bertz CT molecular complexity index is 819. The van der Waals surface area contributed by atoms with Gasteiger partial charge < -0.3 is 0 Å². The van der Waals surface area contributed by atoms with E-state index in [1.807, 2.05) is 60.7 Å². The van der Waals surface area contributed by atoms with E-state index in [1.54, 1.807) is 22.3 Å². The standard InChI is InChI=1S/C20H20N2OS/c1-15(2)14-22(19(23)13-12-16-8-4-3-5-9-16)20-21-17-10-6-7-11-18(17)24-20/h3-13,15H,14H2,1-2H3/b13-12+. The third-order valence-electron chi connectivity index (χ3n) is 3.55. The molecule has 1 aromatic heterocycles. The third kappa shape index (κ3) is 3.89. The highest BCUT2D eigenvalue weighted by Gasteiger charge is 2.18. The van der Waals surface area contributed by atoms with Crippen LogP contribution in [0, 0.1) is 5.92 Å². The summed E-state index contributed by atoms with van der Waals surface area (Å²) in [6, 6.07) is 17.8. The molecule has 0 unspecified atom stereocenters. The van der Waals surface area contributed by atoms with E-state index in [4.69, 9.17) is 0 Å². The fourth-order valence-corrected chi connectivity index (χ4v) is 3.40. The van der Waals surface area contributed by atoms with E-state index >= 15 is 0 Å². The van der Waals surface area contributed by atoms with E-state index in [9.17, 15) is 4.79 Å². The molecule has 3 rings (SSSR count). The SMILES string of the molecule is CC(C)CN(C(=O)/C=C/c1ccccc1)c1nc2ccccc2s1. The normalized spacial score (nSPS) is 11.5. The molecule has 4 heteroatoms. The first-order valence-corrected chi connectivity index (χ1v) is 8.85. The molecule has 0 fully saturated rings. The van der Waals surface area contributed by atoms with Crippen LogP contribution < -0.4 is 4.90 Å². The van der Waals surface area contributed by atoms with Crippen LogP contribution in [0.1, 0.15) is 19.4 Å². The lowest BCUT2D eigenvalue weighted by Gasteiger charge is -2.20. The molecule has 122 valence electrons. The van der Waals surface area contributed by atoms with E-state index in [0.717, 1.165) is 20.9 Å².